The Hall–Kier alpha value is -1.29. The third-order valence-electron chi connectivity index (χ3n) is 3.90. The molecule has 1 aliphatic carbocycles. The highest BCUT2D eigenvalue weighted by molar-refractivity contribution is 14.1. The van der Waals surface area contributed by atoms with Gasteiger partial charge in [0.1, 0.15) is 11.3 Å². The van der Waals surface area contributed by atoms with Crippen molar-refractivity contribution < 1.29 is 9.90 Å². The summed E-state index contributed by atoms with van der Waals surface area (Å²) in [7, 11) is 0. The van der Waals surface area contributed by atoms with Crippen LogP contribution in [0.1, 0.15) is 43.0 Å². The molecule has 0 spiro atoms. The molecule has 106 valence electrons. The Morgan fingerprint density at radius 2 is 2.15 bits per heavy atom. The van der Waals surface area contributed by atoms with Crippen molar-refractivity contribution in [1.82, 2.24) is 5.32 Å². The molecule has 4 nitrogen and oxygen atoms in total. The summed E-state index contributed by atoms with van der Waals surface area (Å²) in [5, 5.41) is 22.0. The first kappa shape index (κ1) is 15.1. The van der Waals surface area contributed by atoms with Gasteiger partial charge < -0.3 is 10.4 Å². The molecule has 5 heteroatoms. The maximum absolute atomic E-state index is 12.3. The molecule has 1 saturated carbocycles. The van der Waals surface area contributed by atoms with Crippen molar-refractivity contribution in [3.8, 4) is 11.8 Å². The van der Waals surface area contributed by atoms with E-state index in [4.69, 9.17) is 0 Å². The molecule has 0 aromatic heterocycles. The molecule has 2 rings (SSSR count). The normalized spacial score (nSPS) is 25.8. The second-order valence-corrected chi connectivity index (χ2v) is 6.74. The second kappa shape index (κ2) is 6.00. The maximum atomic E-state index is 12.3. The maximum Gasteiger partial charge on any atom is 0.256 e. The van der Waals surface area contributed by atoms with Crippen LogP contribution < -0.4 is 5.32 Å². The minimum Gasteiger partial charge on any atom is -0.507 e. The van der Waals surface area contributed by atoms with Crippen LogP contribution >= 0.6 is 22.6 Å². The Balaban J connectivity index is 2.18. The Morgan fingerprint density at radius 3 is 2.75 bits per heavy atom. The third kappa shape index (κ3) is 3.23. The van der Waals surface area contributed by atoms with E-state index in [0.717, 1.165) is 16.4 Å². The van der Waals surface area contributed by atoms with E-state index in [2.05, 4.69) is 40.9 Å². The zero-order valence-electron chi connectivity index (χ0n) is 11.3. The summed E-state index contributed by atoms with van der Waals surface area (Å²) in [5.74, 6) is 0.164. The highest BCUT2D eigenvalue weighted by atomic mass is 127. The molecular formula is C15H17IN2O2. The first-order valence-corrected chi connectivity index (χ1v) is 7.76. The molecule has 2 N–H and O–H groups in total. The SMILES string of the molecule is CC1CCC(C#N)(NC(=O)c2cc(I)ccc2O)CC1. The van der Waals surface area contributed by atoms with Crippen molar-refractivity contribution in [2.75, 3.05) is 0 Å². The van der Waals surface area contributed by atoms with E-state index in [1.54, 1.807) is 12.1 Å². The van der Waals surface area contributed by atoms with E-state index in [1.807, 2.05) is 0 Å². The summed E-state index contributed by atoms with van der Waals surface area (Å²) in [4.78, 5) is 12.3. The number of nitriles is 1. The van der Waals surface area contributed by atoms with Crippen LogP contribution in [0.5, 0.6) is 5.75 Å². The zero-order valence-corrected chi connectivity index (χ0v) is 13.5. The van der Waals surface area contributed by atoms with Crippen LogP contribution in [-0.2, 0) is 0 Å². The molecule has 0 radical (unpaired) electrons. The van der Waals surface area contributed by atoms with Crippen LogP contribution in [0.2, 0.25) is 0 Å². The third-order valence-corrected chi connectivity index (χ3v) is 4.57. The molecular weight excluding hydrogens is 367 g/mol. The molecule has 0 unspecified atom stereocenters. The highest BCUT2D eigenvalue weighted by Crippen LogP contribution is 2.32. The van der Waals surface area contributed by atoms with E-state index >= 15 is 0 Å². The average molecular weight is 384 g/mol. The van der Waals surface area contributed by atoms with E-state index in [-0.39, 0.29) is 17.2 Å². The van der Waals surface area contributed by atoms with E-state index < -0.39 is 5.54 Å². The molecule has 1 amide bonds. The Bertz CT molecular complexity index is 557. The van der Waals surface area contributed by atoms with Gasteiger partial charge in [0.25, 0.3) is 5.91 Å². The zero-order chi connectivity index (χ0) is 14.8. The molecule has 1 aliphatic rings. The van der Waals surface area contributed by atoms with E-state index in [1.165, 1.54) is 6.07 Å². The minimum atomic E-state index is -0.794. The Labute approximate surface area is 132 Å². The molecule has 1 aromatic rings. The number of phenolic OH excluding ortho intramolecular Hbond substituents is 1. The van der Waals surface area contributed by atoms with Crippen LogP contribution in [0.4, 0.5) is 0 Å². The van der Waals surface area contributed by atoms with Crippen molar-refractivity contribution in [2.24, 2.45) is 5.92 Å². The van der Waals surface area contributed by atoms with Crippen LogP contribution in [0, 0.1) is 20.8 Å². The fourth-order valence-electron chi connectivity index (χ4n) is 2.49. The molecule has 0 atom stereocenters. The number of benzene rings is 1. The van der Waals surface area contributed by atoms with Gasteiger partial charge in [0.15, 0.2) is 0 Å². The largest absolute Gasteiger partial charge is 0.507 e. The fourth-order valence-corrected chi connectivity index (χ4v) is 2.99. The first-order valence-electron chi connectivity index (χ1n) is 6.68. The monoisotopic (exact) mass is 384 g/mol. The second-order valence-electron chi connectivity index (χ2n) is 5.49. The molecule has 0 bridgehead atoms. The smallest absolute Gasteiger partial charge is 0.256 e. The van der Waals surface area contributed by atoms with Crippen LogP contribution in [0.3, 0.4) is 0 Å². The number of carbonyl (C=O) groups excluding carboxylic acids is 1. The van der Waals surface area contributed by atoms with Gasteiger partial charge in [-0.2, -0.15) is 5.26 Å². The molecule has 0 aliphatic heterocycles. The van der Waals surface area contributed by atoms with Crippen molar-refractivity contribution in [1.29, 1.82) is 5.26 Å². The van der Waals surface area contributed by atoms with Crippen LogP contribution in [-0.4, -0.2) is 16.6 Å². The lowest BCUT2D eigenvalue weighted by atomic mass is 9.78. The number of hydrogen-bond acceptors (Lipinski definition) is 3. The molecule has 0 heterocycles. The lowest BCUT2D eigenvalue weighted by Crippen LogP contribution is -2.49. The van der Waals surface area contributed by atoms with Gasteiger partial charge in [-0.05, 0) is 72.4 Å². The number of halogens is 1. The first-order chi connectivity index (χ1) is 9.46. The number of phenols is 1. The van der Waals surface area contributed by atoms with Crippen molar-refractivity contribution in [3.05, 3.63) is 27.3 Å². The quantitative estimate of drug-likeness (QED) is 0.770. The molecule has 20 heavy (non-hydrogen) atoms. The topological polar surface area (TPSA) is 73.1 Å². The summed E-state index contributed by atoms with van der Waals surface area (Å²) < 4.78 is 0.869. The minimum absolute atomic E-state index is 0.0554. The van der Waals surface area contributed by atoms with Gasteiger partial charge in [-0.1, -0.05) is 6.92 Å². The predicted octanol–water partition coefficient (Wildman–Crippen LogP) is 3.20. The van der Waals surface area contributed by atoms with E-state index in [0.29, 0.717) is 18.8 Å². The Kier molecular flexibility index (Phi) is 4.53. The van der Waals surface area contributed by atoms with Crippen LogP contribution in [0.15, 0.2) is 18.2 Å². The number of carbonyl (C=O) groups is 1. The van der Waals surface area contributed by atoms with Gasteiger partial charge in [0.2, 0.25) is 0 Å². The van der Waals surface area contributed by atoms with E-state index in [9.17, 15) is 15.2 Å². The van der Waals surface area contributed by atoms with Gasteiger partial charge in [-0.15, -0.1) is 0 Å². The standard InChI is InChI=1S/C15H17IN2O2/c1-10-4-6-15(9-17,7-5-10)18-14(20)12-8-11(16)2-3-13(12)19/h2-3,8,10,19H,4-7H2,1H3,(H,18,20). The molecule has 1 aromatic carbocycles. The number of amides is 1. The number of aromatic hydroxyl groups is 1. The Morgan fingerprint density at radius 1 is 1.50 bits per heavy atom. The lowest BCUT2D eigenvalue weighted by molar-refractivity contribution is 0.0891. The van der Waals surface area contributed by atoms with Crippen LogP contribution in [0.25, 0.3) is 0 Å². The number of hydrogen-bond donors (Lipinski definition) is 2. The predicted molar refractivity (Wildman–Crippen MR) is 84.3 cm³/mol. The van der Waals surface area contributed by atoms with Crippen molar-refractivity contribution >= 4 is 28.5 Å². The van der Waals surface area contributed by atoms with Gasteiger partial charge in [0, 0.05) is 3.57 Å². The summed E-state index contributed by atoms with van der Waals surface area (Å²) >= 11 is 2.09. The summed E-state index contributed by atoms with van der Waals surface area (Å²) in [6, 6.07) is 7.11. The van der Waals surface area contributed by atoms with Gasteiger partial charge >= 0.3 is 0 Å². The average Bonchev–Trinajstić information content (AvgIpc) is 2.44. The fraction of sp³-hybridized carbons (Fsp3) is 0.467. The summed E-state index contributed by atoms with van der Waals surface area (Å²) in [6.07, 6.45) is 3.21. The van der Waals surface area contributed by atoms with Gasteiger partial charge in [-0.3, -0.25) is 4.79 Å². The van der Waals surface area contributed by atoms with Crippen molar-refractivity contribution in [3.63, 3.8) is 0 Å². The number of rotatable bonds is 2. The highest BCUT2D eigenvalue weighted by Gasteiger charge is 2.36. The number of nitrogens with zero attached hydrogens (tertiary/aromatic N) is 1. The molecule has 0 saturated heterocycles. The number of nitrogens with one attached hydrogen (secondary N) is 1. The van der Waals surface area contributed by atoms with Gasteiger partial charge in [-0.25, -0.2) is 0 Å². The summed E-state index contributed by atoms with van der Waals surface area (Å²) in [5.41, 5.74) is -0.567. The summed E-state index contributed by atoms with van der Waals surface area (Å²) in [6.45, 7) is 2.16. The van der Waals surface area contributed by atoms with Crippen molar-refractivity contribution in [2.45, 2.75) is 38.1 Å². The van der Waals surface area contributed by atoms with Gasteiger partial charge in [0.05, 0.1) is 11.6 Å². The lowest BCUT2D eigenvalue weighted by Gasteiger charge is -2.34. The molecule has 1 fully saturated rings.